The van der Waals surface area contributed by atoms with Crippen molar-refractivity contribution in [3.63, 3.8) is 0 Å². The first-order valence-electron chi connectivity index (χ1n) is 9.66. The quantitative estimate of drug-likeness (QED) is 0.463. The summed E-state index contributed by atoms with van der Waals surface area (Å²) < 4.78 is 25.2. The van der Waals surface area contributed by atoms with E-state index in [9.17, 15) is 9.50 Å². The van der Waals surface area contributed by atoms with Gasteiger partial charge in [0.05, 0.1) is 5.60 Å². The Morgan fingerprint density at radius 1 is 1.42 bits per heavy atom. The van der Waals surface area contributed by atoms with Crippen LogP contribution < -0.4 is 10.1 Å². The molecule has 2 atom stereocenters. The highest BCUT2D eigenvalue weighted by Crippen LogP contribution is 2.42. The van der Waals surface area contributed by atoms with Crippen molar-refractivity contribution >= 4 is 0 Å². The number of unbranched alkanes of at least 4 members (excludes halogenated alkanes) is 1. The normalized spacial score (nSPS) is 19.7. The van der Waals surface area contributed by atoms with Crippen molar-refractivity contribution in [3.05, 3.63) is 42.2 Å². The summed E-state index contributed by atoms with van der Waals surface area (Å²) in [5.74, 6) is 0.197. The predicted molar refractivity (Wildman–Crippen MR) is 102 cm³/mol. The van der Waals surface area contributed by atoms with Crippen LogP contribution in [0.5, 0.6) is 5.75 Å². The average molecular weight is 365 g/mol. The van der Waals surface area contributed by atoms with Gasteiger partial charge in [-0.15, -0.1) is 0 Å². The fourth-order valence-electron chi connectivity index (χ4n) is 3.68. The maximum Gasteiger partial charge on any atom is 0.126 e. The van der Waals surface area contributed by atoms with Gasteiger partial charge in [0.15, 0.2) is 0 Å². The summed E-state index contributed by atoms with van der Waals surface area (Å²) in [6.45, 7) is 9.01. The van der Waals surface area contributed by atoms with Gasteiger partial charge in [-0.3, -0.25) is 0 Å². The third kappa shape index (κ3) is 5.53. The summed E-state index contributed by atoms with van der Waals surface area (Å²) in [7, 11) is 0. The van der Waals surface area contributed by atoms with Crippen LogP contribution in [-0.2, 0) is 10.3 Å². The maximum absolute atomic E-state index is 14.0. The van der Waals surface area contributed by atoms with Crippen LogP contribution in [0.2, 0.25) is 0 Å². The first-order valence-corrected chi connectivity index (χ1v) is 9.66. The van der Waals surface area contributed by atoms with Gasteiger partial charge in [-0.25, -0.2) is 4.39 Å². The lowest BCUT2D eigenvalue weighted by Crippen LogP contribution is -2.44. The van der Waals surface area contributed by atoms with Crippen molar-refractivity contribution in [2.45, 2.75) is 44.6 Å². The van der Waals surface area contributed by atoms with Crippen LogP contribution in [0, 0.1) is 11.7 Å². The van der Waals surface area contributed by atoms with Crippen molar-refractivity contribution in [3.8, 4) is 5.75 Å². The number of hydrogen-bond acceptors (Lipinski definition) is 4. The average Bonchev–Trinajstić information content (AvgIpc) is 2.67. The van der Waals surface area contributed by atoms with Gasteiger partial charge < -0.3 is 19.9 Å². The molecule has 1 aliphatic heterocycles. The van der Waals surface area contributed by atoms with Gasteiger partial charge in [-0.2, -0.15) is 0 Å². The summed E-state index contributed by atoms with van der Waals surface area (Å²) in [5.41, 5.74) is -0.581. The maximum atomic E-state index is 14.0. The third-order valence-electron chi connectivity index (χ3n) is 5.04. The lowest BCUT2D eigenvalue weighted by Gasteiger charge is -2.40. The van der Waals surface area contributed by atoms with Crippen molar-refractivity contribution in [1.82, 2.24) is 5.32 Å². The number of aliphatic hydroxyl groups is 1. The van der Waals surface area contributed by atoms with Gasteiger partial charge in [-0.1, -0.05) is 12.7 Å². The second kappa shape index (κ2) is 10.7. The van der Waals surface area contributed by atoms with Gasteiger partial charge in [0, 0.05) is 31.2 Å². The van der Waals surface area contributed by atoms with Crippen molar-refractivity contribution in [2.75, 3.05) is 32.9 Å². The smallest absolute Gasteiger partial charge is 0.126 e. The number of rotatable bonds is 11. The lowest BCUT2D eigenvalue weighted by atomic mass is 9.74. The highest BCUT2D eigenvalue weighted by atomic mass is 19.1. The van der Waals surface area contributed by atoms with E-state index in [0.29, 0.717) is 37.6 Å². The molecule has 1 heterocycles. The topological polar surface area (TPSA) is 50.7 Å². The molecular formula is C21H32FNO3. The molecule has 0 aliphatic carbocycles. The molecule has 1 saturated heterocycles. The van der Waals surface area contributed by atoms with Crippen LogP contribution in [0.1, 0.15) is 44.6 Å². The first-order chi connectivity index (χ1) is 12.6. The molecule has 2 rings (SSSR count). The van der Waals surface area contributed by atoms with Crippen LogP contribution in [0.25, 0.3) is 0 Å². The van der Waals surface area contributed by atoms with E-state index in [1.54, 1.807) is 12.1 Å². The van der Waals surface area contributed by atoms with E-state index < -0.39 is 5.60 Å². The van der Waals surface area contributed by atoms with E-state index >= 15 is 0 Å². The van der Waals surface area contributed by atoms with Crippen molar-refractivity contribution in [1.29, 1.82) is 0 Å². The van der Waals surface area contributed by atoms with Gasteiger partial charge in [-0.05, 0) is 63.8 Å². The highest BCUT2D eigenvalue weighted by Gasteiger charge is 2.40. The zero-order valence-electron chi connectivity index (χ0n) is 15.8. The first kappa shape index (κ1) is 20.9. The zero-order chi connectivity index (χ0) is 18.8. The molecule has 1 aromatic rings. The summed E-state index contributed by atoms with van der Waals surface area (Å²) in [4.78, 5) is 0. The van der Waals surface area contributed by atoms with Gasteiger partial charge in [0.2, 0.25) is 0 Å². The SMILES string of the molecule is C=CCOc1ccc(F)cc1C(O)(CCCCOCC)[C@@H]1CCCNC1. The molecule has 2 N–H and O–H groups in total. The molecule has 146 valence electrons. The van der Waals surface area contributed by atoms with Crippen LogP contribution >= 0.6 is 0 Å². The van der Waals surface area contributed by atoms with E-state index in [0.717, 1.165) is 38.8 Å². The standard InChI is InChI=1S/C21H32FNO3/c1-3-13-26-20-10-9-18(22)15-19(20)21(24,11-5-6-14-25-4-2)17-8-7-12-23-16-17/h3,9-10,15,17,23-24H,1,4-8,11-14,16H2,2H3/t17-,21?/m1/s1. The fourth-order valence-corrected chi connectivity index (χ4v) is 3.68. The second-order valence-electron chi connectivity index (χ2n) is 6.86. The van der Waals surface area contributed by atoms with Gasteiger partial charge >= 0.3 is 0 Å². The van der Waals surface area contributed by atoms with Gasteiger partial charge in [0.25, 0.3) is 0 Å². The molecule has 5 heteroatoms. The molecule has 26 heavy (non-hydrogen) atoms. The Labute approximate surface area is 156 Å². The second-order valence-corrected chi connectivity index (χ2v) is 6.86. The molecular weight excluding hydrogens is 333 g/mol. The predicted octanol–water partition coefficient (Wildman–Crippen LogP) is 3.78. The molecule has 0 spiro atoms. The number of hydrogen-bond donors (Lipinski definition) is 2. The molecule has 1 aromatic carbocycles. The van der Waals surface area contributed by atoms with E-state index in [-0.39, 0.29) is 11.7 Å². The molecule has 1 fully saturated rings. The molecule has 0 radical (unpaired) electrons. The van der Waals surface area contributed by atoms with E-state index in [4.69, 9.17) is 9.47 Å². The number of halogens is 1. The summed E-state index contributed by atoms with van der Waals surface area (Å²) >= 11 is 0. The molecule has 0 aromatic heterocycles. The van der Waals surface area contributed by atoms with Crippen LogP contribution in [0.4, 0.5) is 4.39 Å². The number of piperidine rings is 1. The van der Waals surface area contributed by atoms with Gasteiger partial charge in [0.1, 0.15) is 18.2 Å². The molecule has 0 saturated carbocycles. The number of nitrogens with one attached hydrogen (secondary N) is 1. The minimum absolute atomic E-state index is 0.0243. The molecule has 0 bridgehead atoms. The van der Waals surface area contributed by atoms with Crippen LogP contribution in [0.3, 0.4) is 0 Å². The Hall–Kier alpha value is -1.43. The minimum Gasteiger partial charge on any atom is -0.489 e. The molecule has 4 nitrogen and oxygen atoms in total. The molecule has 0 amide bonds. The molecule has 1 aliphatic rings. The largest absolute Gasteiger partial charge is 0.489 e. The minimum atomic E-state index is -1.13. The fraction of sp³-hybridized carbons (Fsp3) is 0.619. The monoisotopic (exact) mass is 365 g/mol. The Balaban J connectivity index is 2.26. The number of benzene rings is 1. The van der Waals surface area contributed by atoms with Crippen molar-refractivity contribution < 1.29 is 19.0 Å². The molecule has 1 unspecified atom stereocenters. The van der Waals surface area contributed by atoms with E-state index in [2.05, 4.69) is 11.9 Å². The highest BCUT2D eigenvalue weighted by molar-refractivity contribution is 5.39. The van der Waals surface area contributed by atoms with Crippen LogP contribution in [-0.4, -0.2) is 38.0 Å². The Morgan fingerprint density at radius 3 is 2.96 bits per heavy atom. The zero-order valence-corrected chi connectivity index (χ0v) is 15.8. The van der Waals surface area contributed by atoms with Crippen molar-refractivity contribution in [2.24, 2.45) is 5.92 Å². The van der Waals surface area contributed by atoms with E-state index in [1.165, 1.54) is 12.1 Å². The Morgan fingerprint density at radius 2 is 2.27 bits per heavy atom. The Kier molecular flexibility index (Phi) is 8.55. The van der Waals surface area contributed by atoms with E-state index in [1.807, 2.05) is 6.92 Å². The van der Waals surface area contributed by atoms with Crippen LogP contribution in [0.15, 0.2) is 30.9 Å². The summed E-state index contributed by atoms with van der Waals surface area (Å²) in [6.07, 6.45) is 5.80. The lowest BCUT2D eigenvalue weighted by molar-refractivity contribution is -0.0455. The third-order valence-corrected chi connectivity index (χ3v) is 5.04. The summed E-state index contributed by atoms with van der Waals surface area (Å²) in [5, 5.41) is 15.1. The Bertz CT molecular complexity index is 560. The summed E-state index contributed by atoms with van der Waals surface area (Å²) in [6, 6.07) is 4.40. The number of ether oxygens (including phenoxy) is 2.